The topological polar surface area (TPSA) is 120 Å². The lowest BCUT2D eigenvalue weighted by Gasteiger charge is -2.30. The van der Waals surface area contributed by atoms with E-state index >= 15 is 0 Å². The zero-order valence-electron chi connectivity index (χ0n) is 18.7. The smallest absolute Gasteiger partial charge is 0.226 e. The first-order valence-electron chi connectivity index (χ1n) is 11.9. The van der Waals surface area contributed by atoms with Crippen molar-refractivity contribution in [1.29, 1.82) is 0 Å². The minimum absolute atomic E-state index is 0.295. The van der Waals surface area contributed by atoms with Gasteiger partial charge in [0.25, 0.3) is 0 Å². The molecule has 3 aromatic rings. The van der Waals surface area contributed by atoms with Crippen LogP contribution in [0.15, 0.2) is 17.5 Å². The summed E-state index contributed by atoms with van der Waals surface area (Å²) >= 11 is 1.61. The highest BCUT2D eigenvalue weighted by atomic mass is 32.1. The number of piperidine rings is 1. The number of thiophene rings is 1. The third-order valence-electron chi connectivity index (χ3n) is 6.98. The SMILES string of the molecule is Cc1cc(Nc2nc(N[C@@H]3C[C@H]4CC(CC(=O)CNC5CC5)[C@@H](C3)N4)nc3sccc23)n[nH]1. The van der Waals surface area contributed by atoms with Gasteiger partial charge in [-0.15, -0.1) is 11.3 Å². The molecule has 10 heteroatoms. The Morgan fingerprint density at radius 1 is 1.21 bits per heavy atom. The first kappa shape index (κ1) is 21.0. The van der Waals surface area contributed by atoms with Gasteiger partial charge >= 0.3 is 0 Å². The Labute approximate surface area is 196 Å². The van der Waals surface area contributed by atoms with Crippen molar-refractivity contribution in [2.45, 2.75) is 69.6 Å². The minimum Gasteiger partial charge on any atom is -0.351 e. The van der Waals surface area contributed by atoms with Crippen molar-refractivity contribution in [2.24, 2.45) is 5.92 Å². The number of H-pyrrole nitrogens is 1. The van der Waals surface area contributed by atoms with Crippen molar-refractivity contribution in [3.8, 4) is 0 Å². The van der Waals surface area contributed by atoms with Crippen LogP contribution < -0.4 is 21.3 Å². The number of hydrogen-bond acceptors (Lipinski definition) is 9. The fourth-order valence-electron chi connectivity index (χ4n) is 5.26. The van der Waals surface area contributed by atoms with E-state index in [9.17, 15) is 4.79 Å². The predicted molar refractivity (Wildman–Crippen MR) is 130 cm³/mol. The number of hydrogen-bond donors (Lipinski definition) is 5. The van der Waals surface area contributed by atoms with Gasteiger partial charge in [-0.1, -0.05) is 0 Å². The zero-order chi connectivity index (χ0) is 22.4. The average molecular weight is 467 g/mol. The molecule has 1 saturated carbocycles. The predicted octanol–water partition coefficient (Wildman–Crippen LogP) is 3.10. The fraction of sp³-hybridized carbons (Fsp3) is 0.565. The molecule has 6 rings (SSSR count). The molecule has 5 heterocycles. The summed E-state index contributed by atoms with van der Waals surface area (Å²) in [7, 11) is 0. The number of Topliss-reactive ketones (excluding diaryl/α,β-unsaturated/α-hetero) is 1. The second-order valence-electron chi connectivity index (χ2n) is 9.77. The van der Waals surface area contributed by atoms with Gasteiger partial charge in [0.05, 0.1) is 11.9 Å². The molecule has 1 aliphatic carbocycles. The molecule has 0 spiro atoms. The molecule has 1 unspecified atom stereocenters. The molecule has 2 saturated heterocycles. The molecule has 3 aromatic heterocycles. The largest absolute Gasteiger partial charge is 0.351 e. The van der Waals surface area contributed by atoms with Gasteiger partial charge in [0, 0.05) is 42.3 Å². The first-order valence-corrected chi connectivity index (χ1v) is 12.8. The molecule has 0 radical (unpaired) electrons. The molecular weight excluding hydrogens is 436 g/mol. The van der Waals surface area contributed by atoms with E-state index in [1.165, 1.54) is 12.8 Å². The monoisotopic (exact) mass is 466 g/mol. The number of aromatic nitrogens is 4. The summed E-state index contributed by atoms with van der Waals surface area (Å²) < 4.78 is 0. The summed E-state index contributed by atoms with van der Waals surface area (Å²) in [6.07, 6.45) is 6.19. The Balaban J connectivity index is 1.12. The Morgan fingerprint density at radius 3 is 2.94 bits per heavy atom. The standard InChI is InChI=1S/C23H30N8OS/c1-12-6-20(31-30-12)27-21-18-4-5-33-22(18)29-23(28-21)26-16-9-15-7-13(19(10-16)25-15)8-17(32)11-24-14-2-3-14/h4-6,13-16,19,24-25H,2-3,7-11H2,1H3,(H3,26,27,28,29,30,31)/t13?,15-,16-,19-/m1/s1. The van der Waals surface area contributed by atoms with Gasteiger partial charge in [-0.2, -0.15) is 10.1 Å². The number of nitrogens with one attached hydrogen (secondary N) is 5. The lowest BCUT2D eigenvalue weighted by Crippen LogP contribution is -2.45. The van der Waals surface area contributed by atoms with Gasteiger partial charge in [-0.3, -0.25) is 9.89 Å². The van der Waals surface area contributed by atoms with E-state index in [1.54, 1.807) is 11.3 Å². The van der Waals surface area contributed by atoms with Crippen molar-refractivity contribution in [3.05, 3.63) is 23.2 Å². The Morgan fingerprint density at radius 2 is 2.12 bits per heavy atom. The van der Waals surface area contributed by atoms with Crippen molar-refractivity contribution >= 4 is 44.9 Å². The van der Waals surface area contributed by atoms with Gasteiger partial charge in [-0.25, -0.2) is 4.98 Å². The number of carbonyl (C=O) groups is 1. The number of ketones is 1. The third-order valence-corrected chi connectivity index (χ3v) is 7.79. The number of anilines is 3. The molecule has 2 aliphatic heterocycles. The Bertz CT molecular complexity index is 1150. The second-order valence-corrected chi connectivity index (χ2v) is 10.7. The van der Waals surface area contributed by atoms with Crippen LogP contribution in [0.4, 0.5) is 17.6 Å². The summed E-state index contributed by atoms with van der Waals surface area (Å²) in [6, 6.07) is 5.70. The van der Waals surface area contributed by atoms with E-state index in [0.29, 0.717) is 54.8 Å². The molecular formula is C23H30N8OS. The number of nitrogens with zero attached hydrogens (tertiary/aromatic N) is 3. The van der Waals surface area contributed by atoms with Crippen molar-refractivity contribution in [1.82, 2.24) is 30.8 Å². The highest BCUT2D eigenvalue weighted by molar-refractivity contribution is 7.16. The van der Waals surface area contributed by atoms with Crippen LogP contribution in [0.2, 0.25) is 0 Å². The van der Waals surface area contributed by atoms with Crippen molar-refractivity contribution in [3.63, 3.8) is 0 Å². The van der Waals surface area contributed by atoms with E-state index < -0.39 is 0 Å². The summed E-state index contributed by atoms with van der Waals surface area (Å²) in [5.41, 5.74) is 0.994. The van der Waals surface area contributed by atoms with Crippen molar-refractivity contribution in [2.75, 3.05) is 17.2 Å². The molecule has 0 amide bonds. The average Bonchev–Trinajstić information content (AvgIpc) is 3.21. The number of aromatic amines is 1. The minimum atomic E-state index is 0.295. The van der Waals surface area contributed by atoms with Gasteiger partial charge in [-0.05, 0) is 56.4 Å². The molecule has 9 nitrogen and oxygen atoms in total. The molecule has 4 atom stereocenters. The third kappa shape index (κ3) is 4.73. The number of carbonyl (C=O) groups excluding carboxylic acids is 1. The second kappa shape index (κ2) is 8.66. The van der Waals surface area contributed by atoms with Crippen LogP contribution in [0.1, 0.15) is 44.2 Å². The zero-order valence-corrected chi connectivity index (χ0v) is 19.5. The molecule has 33 heavy (non-hydrogen) atoms. The molecule has 0 aromatic carbocycles. The molecule has 2 bridgehead atoms. The summed E-state index contributed by atoms with van der Waals surface area (Å²) in [4.78, 5) is 23.0. The fourth-order valence-corrected chi connectivity index (χ4v) is 6.03. The van der Waals surface area contributed by atoms with Crippen LogP contribution in [-0.4, -0.2) is 56.7 Å². The van der Waals surface area contributed by atoms with Crippen LogP contribution in [-0.2, 0) is 4.79 Å². The highest BCUT2D eigenvalue weighted by Crippen LogP contribution is 2.36. The Hall–Kier alpha value is -2.56. The lowest BCUT2D eigenvalue weighted by molar-refractivity contribution is -0.119. The van der Waals surface area contributed by atoms with E-state index in [1.807, 2.05) is 24.4 Å². The molecule has 174 valence electrons. The number of aryl methyl sites for hydroxylation is 1. The van der Waals surface area contributed by atoms with E-state index in [-0.39, 0.29) is 0 Å². The summed E-state index contributed by atoms with van der Waals surface area (Å²) in [5.74, 6) is 2.93. The van der Waals surface area contributed by atoms with Crippen molar-refractivity contribution < 1.29 is 4.79 Å². The summed E-state index contributed by atoms with van der Waals surface area (Å²) in [6.45, 7) is 2.50. The van der Waals surface area contributed by atoms with Gasteiger partial charge in [0.15, 0.2) is 5.82 Å². The first-order chi connectivity index (χ1) is 16.1. The molecule has 3 aliphatic rings. The van der Waals surface area contributed by atoms with Crippen LogP contribution in [0.25, 0.3) is 10.2 Å². The quantitative estimate of drug-likeness (QED) is 0.326. The lowest BCUT2D eigenvalue weighted by atomic mass is 9.92. The number of rotatable bonds is 9. The van der Waals surface area contributed by atoms with Crippen LogP contribution in [0.3, 0.4) is 0 Å². The maximum atomic E-state index is 12.4. The molecule has 3 fully saturated rings. The van der Waals surface area contributed by atoms with Gasteiger partial charge in [0.2, 0.25) is 5.95 Å². The maximum Gasteiger partial charge on any atom is 0.226 e. The van der Waals surface area contributed by atoms with E-state index in [0.717, 1.165) is 46.8 Å². The number of fused-ring (bicyclic) bond motifs is 3. The summed E-state index contributed by atoms with van der Waals surface area (Å²) in [5, 5.41) is 24.3. The van der Waals surface area contributed by atoms with Gasteiger partial charge in [0.1, 0.15) is 16.4 Å². The van der Waals surface area contributed by atoms with Crippen LogP contribution in [0.5, 0.6) is 0 Å². The normalized spacial score (nSPS) is 26.6. The highest BCUT2D eigenvalue weighted by Gasteiger charge is 2.41. The maximum absolute atomic E-state index is 12.4. The van der Waals surface area contributed by atoms with E-state index in [4.69, 9.17) is 9.97 Å². The van der Waals surface area contributed by atoms with Crippen LogP contribution >= 0.6 is 11.3 Å². The van der Waals surface area contributed by atoms with Crippen LogP contribution in [0, 0.1) is 12.8 Å². The molecule has 5 N–H and O–H groups in total. The Kier molecular flexibility index (Phi) is 5.51. The van der Waals surface area contributed by atoms with E-state index in [2.05, 4.69) is 31.5 Å². The van der Waals surface area contributed by atoms with Gasteiger partial charge < -0.3 is 21.3 Å².